The Bertz CT molecular complexity index is 689. The van der Waals surface area contributed by atoms with Gasteiger partial charge in [0.15, 0.2) is 0 Å². The molecule has 0 saturated heterocycles. The van der Waals surface area contributed by atoms with Crippen molar-refractivity contribution in [3.8, 4) is 0 Å². The van der Waals surface area contributed by atoms with Crippen LogP contribution in [-0.2, 0) is 7.05 Å². The van der Waals surface area contributed by atoms with E-state index in [2.05, 4.69) is 10.4 Å². The molecule has 0 aliphatic heterocycles. The Morgan fingerprint density at radius 3 is 2.67 bits per heavy atom. The van der Waals surface area contributed by atoms with Gasteiger partial charge in [0.05, 0.1) is 16.8 Å². The molecule has 1 aromatic heterocycles. The second-order valence-electron chi connectivity index (χ2n) is 5.10. The summed E-state index contributed by atoms with van der Waals surface area (Å²) in [4.78, 5) is 23.3. The van der Waals surface area contributed by atoms with Crippen LogP contribution >= 0.6 is 0 Å². The van der Waals surface area contributed by atoms with E-state index >= 15 is 0 Å². The highest BCUT2D eigenvalue weighted by molar-refractivity contribution is 6.05. The van der Waals surface area contributed by atoms with Crippen LogP contribution in [0.3, 0.4) is 0 Å². The van der Waals surface area contributed by atoms with Crippen LogP contribution in [0.15, 0.2) is 30.5 Å². The Morgan fingerprint density at radius 2 is 2.05 bits per heavy atom. The van der Waals surface area contributed by atoms with Crippen LogP contribution in [0.2, 0.25) is 0 Å². The van der Waals surface area contributed by atoms with Crippen LogP contribution in [0.4, 0.5) is 5.69 Å². The molecule has 1 amide bonds. The largest absolute Gasteiger partial charge is 0.478 e. The molecule has 0 atom stereocenters. The third-order valence-corrected chi connectivity index (χ3v) is 3.02. The van der Waals surface area contributed by atoms with Crippen LogP contribution in [0.1, 0.15) is 46.2 Å². The first-order valence-electron chi connectivity index (χ1n) is 6.56. The number of carboxylic acids is 1. The topological polar surface area (TPSA) is 84.2 Å². The minimum Gasteiger partial charge on any atom is -0.478 e. The number of hydrogen-bond acceptors (Lipinski definition) is 3. The number of nitrogens with zero attached hydrogens (tertiary/aromatic N) is 2. The zero-order valence-corrected chi connectivity index (χ0v) is 12.1. The molecule has 110 valence electrons. The third-order valence-electron chi connectivity index (χ3n) is 3.02. The molecule has 0 saturated carbocycles. The summed E-state index contributed by atoms with van der Waals surface area (Å²) in [6.07, 6.45) is 1.66. The van der Waals surface area contributed by atoms with Crippen molar-refractivity contribution in [2.75, 3.05) is 5.32 Å². The predicted octanol–water partition coefficient (Wildman–Crippen LogP) is 2.49. The van der Waals surface area contributed by atoms with Gasteiger partial charge in [-0.25, -0.2) is 4.79 Å². The minimum absolute atomic E-state index is 0.123. The molecule has 0 unspecified atom stereocenters. The summed E-state index contributed by atoms with van der Waals surface area (Å²) in [5.74, 6) is -1.21. The molecule has 2 aromatic rings. The van der Waals surface area contributed by atoms with Gasteiger partial charge in [0.2, 0.25) is 0 Å². The molecule has 0 aliphatic carbocycles. The molecule has 6 heteroatoms. The minimum atomic E-state index is -1.03. The number of anilines is 1. The Kier molecular flexibility index (Phi) is 4.07. The van der Waals surface area contributed by atoms with Crippen molar-refractivity contribution in [1.29, 1.82) is 0 Å². The first-order valence-corrected chi connectivity index (χ1v) is 6.56. The van der Waals surface area contributed by atoms with E-state index in [9.17, 15) is 9.59 Å². The van der Waals surface area contributed by atoms with E-state index in [-0.39, 0.29) is 17.4 Å². The number of hydrogen-bond donors (Lipinski definition) is 2. The Labute approximate surface area is 122 Å². The number of aryl methyl sites for hydroxylation is 1. The number of amides is 1. The number of aromatic nitrogens is 2. The van der Waals surface area contributed by atoms with E-state index in [0.717, 1.165) is 0 Å². The van der Waals surface area contributed by atoms with Gasteiger partial charge >= 0.3 is 5.97 Å². The van der Waals surface area contributed by atoms with Crippen molar-refractivity contribution in [1.82, 2.24) is 9.78 Å². The quantitative estimate of drug-likeness (QED) is 0.904. The standard InChI is InChI=1S/C15H17N3O3/c1-9(2)13-12(8-18(3)17-13)14(19)16-11-6-4-5-10(7-11)15(20)21/h4-9H,1-3H3,(H,16,19)(H,20,21). The normalized spacial score (nSPS) is 10.7. The molecule has 21 heavy (non-hydrogen) atoms. The molecule has 0 radical (unpaired) electrons. The van der Waals surface area contributed by atoms with E-state index in [0.29, 0.717) is 16.9 Å². The zero-order chi connectivity index (χ0) is 15.6. The monoisotopic (exact) mass is 287 g/mol. The van der Waals surface area contributed by atoms with Crippen LogP contribution in [0.5, 0.6) is 0 Å². The molecule has 0 spiro atoms. The van der Waals surface area contributed by atoms with Gasteiger partial charge in [-0.15, -0.1) is 0 Å². The lowest BCUT2D eigenvalue weighted by Gasteiger charge is -2.07. The molecular weight excluding hydrogens is 270 g/mol. The van der Waals surface area contributed by atoms with Crippen LogP contribution < -0.4 is 5.32 Å². The van der Waals surface area contributed by atoms with E-state index in [4.69, 9.17) is 5.11 Å². The predicted molar refractivity (Wildman–Crippen MR) is 78.7 cm³/mol. The van der Waals surface area contributed by atoms with Crippen LogP contribution in [0, 0.1) is 0 Å². The summed E-state index contributed by atoms with van der Waals surface area (Å²) >= 11 is 0. The Hall–Kier alpha value is -2.63. The van der Waals surface area contributed by atoms with Gasteiger partial charge in [0, 0.05) is 18.9 Å². The summed E-state index contributed by atoms with van der Waals surface area (Å²) in [6.45, 7) is 3.92. The number of carbonyl (C=O) groups excluding carboxylic acids is 1. The van der Waals surface area contributed by atoms with Gasteiger partial charge in [-0.3, -0.25) is 9.48 Å². The third kappa shape index (κ3) is 3.28. The Balaban J connectivity index is 2.26. The summed E-state index contributed by atoms with van der Waals surface area (Å²) in [5, 5.41) is 15.9. The number of aromatic carboxylic acids is 1. The second-order valence-corrected chi connectivity index (χ2v) is 5.10. The van der Waals surface area contributed by atoms with Gasteiger partial charge in [0.1, 0.15) is 0 Å². The van der Waals surface area contributed by atoms with Crippen molar-refractivity contribution in [2.24, 2.45) is 7.05 Å². The zero-order valence-electron chi connectivity index (χ0n) is 12.1. The van der Waals surface area contributed by atoms with Crippen LogP contribution in [-0.4, -0.2) is 26.8 Å². The lowest BCUT2D eigenvalue weighted by atomic mass is 10.1. The molecule has 1 heterocycles. The summed E-state index contributed by atoms with van der Waals surface area (Å²) in [5.41, 5.74) is 1.78. The lowest BCUT2D eigenvalue weighted by molar-refractivity contribution is 0.0696. The highest BCUT2D eigenvalue weighted by atomic mass is 16.4. The molecule has 6 nitrogen and oxygen atoms in total. The van der Waals surface area contributed by atoms with E-state index in [1.54, 1.807) is 30.1 Å². The molecule has 0 bridgehead atoms. The van der Waals surface area contributed by atoms with Crippen molar-refractivity contribution in [2.45, 2.75) is 19.8 Å². The highest BCUT2D eigenvalue weighted by Crippen LogP contribution is 2.19. The van der Waals surface area contributed by atoms with E-state index < -0.39 is 5.97 Å². The number of rotatable bonds is 4. The first-order chi connectivity index (χ1) is 9.88. The number of carbonyl (C=O) groups is 2. The first kappa shape index (κ1) is 14.8. The average Bonchev–Trinajstić information content (AvgIpc) is 2.81. The van der Waals surface area contributed by atoms with Crippen molar-refractivity contribution in [3.05, 3.63) is 47.3 Å². The number of carboxylic acid groups (broad SMARTS) is 1. The second kappa shape index (κ2) is 5.78. The van der Waals surface area contributed by atoms with E-state index in [1.165, 1.54) is 12.1 Å². The smallest absolute Gasteiger partial charge is 0.335 e. The molecule has 2 rings (SSSR count). The molecule has 2 N–H and O–H groups in total. The Morgan fingerprint density at radius 1 is 1.33 bits per heavy atom. The molecule has 1 aromatic carbocycles. The van der Waals surface area contributed by atoms with Crippen molar-refractivity contribution in [3.63, 3.8) is 0 Å². The lowest BCUT2D eigenvalue weighted by Crippen LogP contribution is -2.14. The average molecular weight is 287 g/mol. The maximum absolute atomic E-state index is 12.3. The molecular formula is C15H17N3O3. The molecule has 0 aliphatic rings. The fourth-order valence-electron chi connectivity index (χ4n) is 2.04. The molecule has 0 fully saturated rings. The van der Waals surface area contributed by atoms with Gasteiger partial charge < -0.3 is 10.4 Å². The van der Waals surface area contributed by atoms with Gasteiger partial charge in [0.25, 0.3) is 5.91 Å². The highest BCUT2D eigenvalue weighted by Gasteiger charge is 2.18. The van der Waals surface area contributed by atoms with E-state index in [1.807, 2.05) is 13.8 Å². The maximum atomic E-state index is 12.3. The summed E-state index contributed by atoms with van der Waals surface area (Å²) in [7, 11) is 1.76. The van der Waals surface area contributed by atoms with Crippen LogP contribution in [0.25, 0.3) is 0 Å². The van der Waals surface area contributed by atoms with Crippen molar-refractivity contribution < 1.29 is 14.7 Å². The fraction of sp³-hybridized carbons (Fsp3) is 0.267. The fourth-order valence-corrected chi connectivity index (χ4v) is 2.04. The van der Waals surface area contributed by atoms with Gasteiger partial charge in [-0.05, 0) is 24.1 Å². The maximum Gasteiger partial charge on any atom is 0.335 e. The number of nitrogens with one attached hydrogen (secondary N) is 1. The SMILES string of the molecule is CC(C)c1nn(C)cc1C(=O)Nc1cccc(C(=O)O)c1. The van der Waals surface area contributed by atoms with Gasteiger partial charge in [-0.1, -0.05) is 19.9 Å². The number of benzene rings is 1. The summed E-state index contributed by atoms with van der Waals surface area (Å²) in [6, 6.07) is 6.13. The van der Waals surface area contributed by atoms with Crippen molar-refractivity contribution >= 4 is 17.6 Å². The van der Waals surface area contributed by atoms with Gasteiger partial charge in [-0.2, -0.15) is 5.10 Å². The summed E-state index contributed by atoms with van der Waals surface area (Å²) < 4.78 is 1.60.